The first kappa shape index (κ1) is 11.0. The van der Waals surface area contributed by atoms with E-state index in [0.717, 1.165) is 12.8 Å². The summed E-state index contributed by atoms with van der Waals surface area (Å²) in [7, 11) is 0. The zero-order chi connectivity index (χ0) is 12.3. The van der Waals surface area contributed by atoms with Gasteiger partial charge in [0.1, 0.15) is 17.6 Å². The van der Waals surface area contributed by atoms with E-state index in [4.69, 9.17) is 14.2 Å². The van der Waals surface area contributed by atoms with Crippen LogP contribution in [0, 0.1) is 11.3 Å². The van der Waals surface area contributed by atoms with Gasteiger partial charge in [0.05, 0.1) is 12.7 Å². The van der Waals surface area contributed by atoms with Gasteiger partial charge in [-0.05, 0) is 19.8 Å². The molecule has 17 heavy (non-hydrogen) atoms. The molecule has 0 saturated carbocycles. The van der Waals surface area contributed by atoms with Gasteiger partial charge in [0.2, 0.25) is 0 Å². The van der Waals surface area contributed by atoms with Gasteiger partial charge in [0, 0.05) is 12.8 Å². The van der Waals surface area contributed by atoms with Crippen molar-refractivity contribution in [2.75, 3.05) is 13.2 Å². The van der Waals surface area contributed by atoms with E-state index in [0.29, 0.717) is 6.61 Å². The molecule has 5 heteroatoms. The van der Waals surface area contributed by atoms with Crippen LogP contribution >= 0.6 is 0 Å². The third-order valence-corrected chi connectivity index (χ3v) is 4.58. The van der Waals surface area contributed by atoms with Gasteiger partial charge in [-0.1, -0.05) is 0 Å². The Hall–Kier alpha value is -1.10. The smallest absolute Gasteiger partial charge is 0.314 e. The van der Waals surface area contributed by atoms with Crippen molar-refractivity contribution in [3.63, 3.8) is 0 Å². The highest BCUT2D eigenvalue weighted by Gasteiger charge is 2.72. The van der Waals surface area contributed by atoms with E-state index >= 15 is 0 Å². The molecule has 0 amide bonds. The summed E-state index contributed by atoms with van der Waals surface area (Å²) in [6, 6.07) is 0. The molecule has 94 valence electrons. The molecule has 0 N–H and O–H groups in total. The van der Waals surface area contributed by atoms with Gasteiger partial charge in [0.25, 0.3) is 0 Å². The lowest BCUT2D eigenvalue weighted by atomic mass is 9.64. The fourth-order valence-corrected chi connectivity index (χ4v) is 3.57. The average Bonchev–Trinajstić information content (AvgIpc) is 2.88. The molecule has 3 aliphatic rings. The monoisotopic (exact) mass is 240 g/mol. The molecule has 3 saturated heterocycles. The van der Waals surface area contributed by atoms with Crippen molar-refractivity contribution in [3.05, 3.63) is 0 Å². The van der Waals surface area contributed by atoms with Gasteiger partial charge < -0.3 is 14.2 Å². The Morgan fingerprint density at radius 3 is 3.06 bits per heavy atom. The molecule has 0 spiro atoms. The third-order valence-electron chi connectivity index (χ3n) is 4.58. The molecule has 0 radical (unpaired) electrons. The molecular weight excluding hydrogens is 224 g/mol. The minimum absolute atomic E-state index is 0.0144. The Labute approximate surface area is 99.4 Å². The highest BCUT2D eigenvalue weighted by Crippen LogP contribution is 2.60. The lowest BCUT2D eigenvalue weighted by Crippen LogP contribution is -2.47. The van der Waals surface area contributed by atoms with Crippen molar-refractivity contribution in [2.45, 2.75) is 38.4 Å². The fraction of sp³-hybridized carbons (Fsp3) is 0.833. The number of hydrogen-bond acceptors (Lipinski definition) is 5. The maximum atomic E-state index is 11.8. The molecule has 0 aromatic carbocycles. The molecule has 0 aromatic heterocycles. The Morgan fingerprint density at radius 1 is 1.59 bits per heavy atom. The van der Waals surface area contributed by atoms with E-state index in [1.54, 1.807) is 0 Å². The SMILES string of the molecule is CC(=O)OC[C@@]12CC[C@@H](O1)[C@@]1(C)C(=O)OC[C@@H]21. The van der Waals surface area contributed by atoms with Gasteiger partial charge in [-0.15, -0.1) is 0 Å². The molecule has 3 rings (SSSR count). The number of fused-ring (bicyclic) bond motifs is 5. The van der Waals surface area contributed by atoms with Gasteiger partial charge in [-0.2, -0.15) is 0 Å². The van der Waals surface area contributed by atoms with Crippen molar-refractivity contribution in [3.8, 4) is 0 Å². The highest BCUT2D eigenvalue weighted by molar-refractivity contribution is 5.81. The van der Waals surface area contributed by atoms with Crippen LogP contribution in [0.5, 0.6) is 0 Å². The summed E-state index contributed by atoms with van der Waals surface area (Å²) >= 11 is 0. The Bertz CT molecular complexity index is 392. The molecule has 2 bridgehead atoms. The van der Waals surface area contributed by atoms with Crippen LogP contribution in [-0.4, -0.2) is 36.9 Å². The Kier molecular flexibility index (Phi) is 2.09. The maximum absolute atomic E-state index is 11.8. The van der Waals surface area contributed by atoms with Crippen LogP contribution in [0.3, 0.4) is 0 Å². The first-order chi connectivity index (χ1) is 7.99. The quantitative estimate of drug-likeness (QED) is 0.663. The Balaban J connectivity index is 1.88. The van der Waals surface area contributed by atoms with E-state index in [-0.39, 0.29) is 30.6 Å². The number of rotatable bonds is 2. The summed E-state index contributed by atoms with van der Waals surface area (Å²) in [4.78, 5) is 22.8. The number of ether oxygens (including phenoxy) is 3. The molecule has 3 aliphatic heterocycles. The summed E-state index contributed by atoms with van der Waals surface area (Å²) in [5, 5.41) is 0. The molecule has 4 atom stereocenters. The standard InChI is InChI=1S/C12H16O5/c1-7(13)16-6-12-4-3-9(17-12)11(2)8(12)5-15-10(11)14/h8-9H,3-6H2,1-2H3/t8-,9-,11+,12-/m1/s1. The summed E-state index contributed by atoms with van der Waals surface area (Å²) in [6.45, 7) is 3.91. The number of cyclic esters (lactones) is 1. The number of hydrogen-bond donors (Lipinski definition) is 0. The number of esters is 2. The molecule has 3 heterocycles. The second-order valence-electron chi connectivity index (χ2n) is 5.42. The lowest BCUT2D eigenvalue weighted by molar-refractivity contribution is -0.155. The van der Waals surface area contributed by atoms with Crippen molar-refractivity contribution < 1.29 is 23.8 Å². The Morgan fingerprint density at radius 2 is 2.35 bits per heavy atom. The lowest BCUT2D eigenvalue weighted by Gasteiger charge is -2.34. The van der Waals surface area contributed by atoms with Crippen LogP contribution in [0.25, 0.3) is 0 Å². The van der Waals surface area contributed by atoms with Crippen molar-refractivity contribution in [2.24, 2.45) is 11.3 Å². The molecule has 0 aliphatic carbocycles. The van der Waals surface area contributed by atoms with Crippen LogP contribution in [-0.2, 0) is 23.8 Å². The maximum Gasteiger partial charge on any atom is 0.314 e. The zero-order valence-electron chi connectivity index (χ0n) is 10.0. The zero-order valence-corrected chi connectivity index (χ0v) is 10.0. The molecule has 0 aromatic rings. The van der Waals surface area contributed by atoms with Crippen molar-refractivity contribution in [1.29, 1.82) is 0 Å². The summed E-state index contributed by atoms with van der Waals surface area (Å²) < 4.78 is 16.3. The summed E-state index contributed by atoms with van der Waals surface area (Å²) in [5.41, 5.74) is -1.05. The molecule has 0 unspecified atom stereocenters. The van der Waals surface area contributed by atoms with Crippen molar-refractivity contribution >= 4 is 11.9 Å². The number of carbonyl (C=O) groups excluding carboxylic acids is 2. The first-order valence-electron chi connectivity index (χ1n) is 5.97. The number of carbonyl (C=O) groups is 2. The normalized spacial score (nSPS) is 46.8. The second kappa shape index (κ2) is 3.22. The third kappa shape index (κ3) is 1.23. The van der Waals surface area contributed by atoms with Gasteiger partial charge >= 0.3 is 11.9 Å². The van der Waals surface area contributed by atoms with Crippen LogP contribution < -0.4 is 0 Å². The van der Waals surface area contributed by atoms with Crippen LogP contribution in [0.15, 0.2) is 0 Å². The van der Waals surface area contributed by atoms with Crippen LogP contribution in [0.2, 0.25) is 0 Å². The van der Waals surface area contributed by atoms with Gasteiger partial charge in [-0.25, -0.2) is 0 Å². The van der Waals surface area contributed by atoms with E-state index in [1.165, 1.54) is 6.92 Å². The largest absolute Gasteiger partial charge is 0.465 e. The van der Waals surface area contributed by atoms with E-state index in [9.17, 15) is 9.59 Å². The second-order valence-corrected chi connectivity index (χ2v) is 5.42. The summed E-state index contributed by atoms with van der Waals surface area (Å²) in [5.74, 6) is -0.470. The van der Waals surface area contributed by atoms with E-state index in [2.05, 4.69) is 0 Å². The average molecular weight is 240 g/mol. The molecule has 5 nitrogen and oxygen atoms in total. The van der Waals surface area contributed by atoms with E-state index in [1.807, 2.05) is 6.92 Å². The summed E-state index contributed by atoms with van der Waals surface area (Å²) in [6.07, 6.45) is 1.59. The molecular formula is C12H16O5. The van der Waals surface area contributed by atoms with Crippen LogP contribution in [0.1, 0.15) is 26.7 Å². The fourth-order valence-electron chi connectivity index (χ4n) is 3.57. The predicted octanol–water partition coefficient (Wildman–Crippen LogP) is 0.660. The minimum Gasteiger partial charge on any atom is -0.465 e. The molecule has 3 fully saturated rings. The predicted molar refractivity (Wildman–Crippen MR) is 56.0 cm³/mol. The first-order valence-corrected chi connectivity index (χ1v) is 5.97. The van der Waals surface area contributed by atoms with E-state index < -0.39 is 11.0 Å². The van der Waals surface area contributed by atoms with Crippen LogP contribution in [0.4, 0.5) is 0 Å². The minimum atomic E-state index is -0.543. The van der Waals surface area contributed by atoms with Gasteiger partial charge in [0.15, 0.2) is 0 Å². The highest BCUT2D eigenvalue weighted by atomic mass is 16.6. The topological polar surface area (TPSA) is 61.8 Å². The van der Waals surface area contributed by atoms with Crippen molar-refractivity contribution in [1.82, 2.24) is 0 Å². The van der Waals surface area contributed by atoms with Gasteiger partial charge in [-0.3, -0.25) is 9.59 Å².